The van der Waals surface area contributed by atoms with Gasteiger partial charge in [-0.05, 0) is 39.0 Å². The third-order valence-electron chi connectivity index (χ3n) is 2.97. The van der Waals surface area contributed by atoms with Gasteiger partial charge in [0.1, 0.15) is 17.0 Å². The first-order valence-electron chi connectivity index (χ1n) is 6.05. The fraction of sp³-hybridized carbons (Fsp3) is 0.500. The quantitative estimate of drug-likeness (QED) is 0.799. The maximum atomic E-state index is 11.6. The second-order valence-corrected chi connectivity index (χ2v) is 4.91. The topological polar surface area (TPSA) is 67.8 Å². The summed E-state index contributed by atoms with van der Waals surface area (Å²) in [6, 6.07) is 4.75. The minimum atomic E-state index is -0.844. The van der Waals surface area contributed by atoms with Gasteiger partial charge in [0, 0.05) is 11.6 Å². The van der Waals surface area contributed by atoms with Crippen molar-refractivity contribution in [2.75, 3.05) is 14.2 Å². The summed E-state index contributed by atoms with van der Waals surface area (Å²) in [5.41, 5.74) is -0.180. The molecule has 1 unspecified atom stereocenters. The molecule has 0 heterocycles. The fourth-order valence-electron chi connectivity index (χ4n) is 1.94. The SMILES string of the molecule is COC(=O)C(C)(C)NC(C)c1cc(OC)ccc1O. The average Bonchev–Trinajstić information content (AvgIpc) is 2.37. The van der Waals surface area contributed by atoms with Gasteiger partial charge in [0.05, 0.1) is 14.2 Å². The lowest BCUT2D eigenvalue weighted by Gasteiger charge is -2.28. The van der Waals surface area contributed by atoms with Crippen LogP contribution in [0, 0.1) is 0 Å². The Balaban J connectivity index is 2.94. The second kappa shape index (κ2) is 5.93. The van der Waals surface area contributed by atoms with Crippen LogP contribution in [0.25, 0.3) is 0 Å². The van der Waals surface area contributed by atoms with Gasteiger partial charge in [-0.1, -0.05) is 0 Å². The Kier molecular flexibility index (Phi) is 4.78. The molecule has 0 bridgehead atoms. The summed E-state index contributed by atoms with van der Waals surface area (Å²) in [7, 11) is 2.91. The summed E-state index contributed by atoms with van der Waals surface area (Å²) >= 11 is 0. The molecule has 106 valence electrons. The first kappa shape index (κ1) is 15.3. The lowest BCUT2D eigenvalue weighted by atomic mass is 10.0. The Morgan fingerprint density at radius 3 is 2.53 bits per heavy atom. The summed E-state index contributed by atoms with van der Waals surface area (Å²) < 4.78 is 9.87. The van der Waals surface area contributed by atoms with E-state index in [1.54, 1.807) is 39.2 Å². The largest absolute Gasteiger partial charge is 0.508 e. The minimum absolute atomic E-state index is 0.154. The Bertz CT molecular complexity index is 457. The Morgan fingerprint density at radius 2 is 2.00 bits per heavy atom. The second-order valence-electron chi connectivity index (χ2n) is 4.91. The number of nitrogens with one attached hydrogen (secondary N) is 1. The van der Waals surface area contributed by atoms with E-state index in [1.165, 1.54) is 7.11 Å². The molecule has 0 aliphatic heterocycles. The van der Waals surface area contributed by atoms with Gasteiger partial charge in [-0.2, -0.15) is 0 Å². The number of ether oxygens (including phenoxy) is 2. The average molecular weight is 267 g/mol. The molecular formula is C14H21NO4. The van der Waals surface area contributed by atoms with Gasteiger partial charge in [0.15, 0.2) is 0 Å². The van der Waals surface area contributed by atoms with Crippen molar-refractivity contribution in [3.63, 3.8) is 0 Å². The molecule has 0 saturated carbocycles. The van der Waals surface area contributed by atoms with E-state index in [-0.39, 0.29) is 17.8 Å². The number of phenols is 1. The number of hydrogen-bond acceptors (Lipinski definition) is 5. The highest BCUT2D eigenvalue weighted by Gasteiger charge is 2.30. The van der Waals surface area contributed by atoms with Crippen LogP contribution in [0.3, 0.4) is 0 Å². The Labute approximate surface area is 113 Å². The van der Waals surface area contributed by atoms with Crippen molar-refractivity contribution in [3.8, 4) is 11.5 Å². The highest BCUT2D eigenvalue weighted by atomic mass is 16.5. The van der Waals surface area contributed by atoms with Crippen LogP contribution in [0.5, 0.6) is 11.5 Å². The molecule has 1 rings (SSSR count). The molecule has 2 N–H and O–H groups in total. The van der Waals surface area contributed by atoms with Crippen molar-refractivity contribution in [2.45, 2.75) is 32.4 Å². The van der Waals surface area contributed by atoms with Crippen LogP contribution in [0.4, 0.5) is 0 Å². The molecule has 0 fully saturated rings. The third kappa shape index (κ3) is 3.61. The number of esters is 1. The van der Waals surface area contributed by atoms with Crippen molar-refractivity contribution >= 4 is 5.97 Å². The number of rotatable bonds is 5. The van der Waals surface area contributed by atoms with E-state index in [1.807, 2.05) is 6.92 Å². The van der Waals surface area contributed by atoms with Crippen LogP contribution in [0.2, 0.25) is 0 Å². The molecule has 0 aliphatic carbocycles. The van der Waals surface area contributed by atoms with Gasteiger partial charge in [-0.3, -0.25) is 10.1 Å². The van der Waals surface area contributed by atoms with Crippen molar-refractivity contribution < 1.29 is 19.4 Å². The first-order valence-corrected chi connectivity index (χ1v) is 6.05. The smallest absolute Gasteiger partial charge is 0.325 e. The number of carbonyl (C=O) groups is 1. The molecule has 0 saturated heterocycles. The maximum Gasteiger partial charge on any atom is 0.325 e. The minimum Gasteiger partial charge on any atom is -0.508 e. The van der Waals surface area contributed by atoms with Crippen LogP contribution in [-0.4, -0.2) is 30.8 Å². The van der Waals surface area contributed by atoms with E-state index in [2.05, 4.69) is 5.32 Å². The molecule has 1 aromatic rings. The van der Waals surface area contributed by atoms with Crippen molar-refractivity contribution in [2.24, 2.45) is 0 Å². The maximum absolute atomic E-state index is 11.6. The molecule has 1 aromatic carbocycles. The molecule has 0 aromatic heterocycles. The van der Waals surface area contributed by atoms with E-state index >= 15 is 0 Å². The lowest BCUT2D eigenvalue weighted by Crippen LogP contribution is -2.48. The molecule has 0 radical (unpaired) electrons. The molecular weight excluding hydrogens is 246 g/mol. The molecule has 0 aliphatic rings. The van der Waals surface area contributed by atoms with E-state index in [4.69, 9.17) is 9.47 Å². The monoisotopic (exact) mass is 267 g/mol. The molecule has 0 spiro atoms. The number of aromatic hydroxyl groups is 1. The molecule has 5 nitrogen and oxygen atoms in total. The standard InChI is InChI=1S/C14H21NO4/c1-9(15-14(2,3)13(17)19-5)11-8-10(18-4)6-7-12(11)16/h6-9,15-16H,1-5H3. The van der Waals surface area contributed by atoms with Gasteiger partial charge < -0.3 is 14.6 Å². The number of hydrogen-bond donors (Lipinski definition) is 2. The van der Waals surface area contributed by atoms with Crippen molar-refractivity contribution in [1.82, 2.24) is 5.32 Å². The highest BCUT2D eigenvalue weighted by molar-refractivity contribution is 5.79. The van der Waals surface area contributed by atoms with Crippen molar-refractivity contribution in [1.29, 1.82) is 0 Å². The highest BCUT2D eigenvalue weighted by Crippen LogP contribution is 2.29. The fourth-order valence-corrected chi connectivity index (χ4v) is 1.94. The zero-order chi connectivity index (χ0) is 14.6. The zero-order valence-corrected chi connectivity index (χ0v) is 12.0. The van der Waals surface area contributed by atoms with Crippen molar-refractivity contribution in [3.05, 3.63) is 23.8 Å². The van der Waals surface area contributed by atoms with Gasteiger partial charge >= 0.3 is 5.97 Å². The summed E-state index contributed by atoms with van der Waals surface area (Å²) in [6.07, 6.45) is 0. The van der Waals surface area contributed by atoms with Gasteiger partial charge in [-0.25, -0.2) is 0 Å². The third-order valence-corrected chi connectivity index (χ3v) is 2.97. The first-order chi connectivity index (χ1) is 8.81. The van der Waals surface area contributed by atoms with E-state index in [0.717, 1.165) is 0 Å². The Hall–Kier alpha value is -1.75. The van der Waals surface area contributed by atoms with Gasteiger partial charge in [0.25, 0.3) is 0 Å². The number of carbonyl (C=O) groups excluding carboxylic acids is 1. The van der Waals surface area contributed by atoms with Gasteiger partial charge in [-0.15, -0.1) is 0 Å². The predicted octanol–water partition coefficient (Wildman–Crippen LogP) is 2.00. The van der Waals surface area contributed by atoms with Gasteiger partial charge in [0.2, 0.25) is 0 Å². The Morgan fingerprint density at radius 1 is 1.37 bits per heavy atom. The molecule has 5 heteroatoms. The summed E-state index contributed by atoms with van der Waals surface area (Å²) in [5, 5.41) is 13.0. The number of phenolic OH excluding ortho intramolecular Hbond substituents is 1. The summed E-state index contributed by atoms with van der Waals surface area (Å²) in [4.78, 5) is 11.6. The van der Waals surface area contributed by atoms with Crippen LogP contribution in [-0.2, 0) is 9.53 Å². The number of methoxy groups -OCH3 is 2. The predicted molar refractivity (Wildman–Crippen MR) is 72.3 cm³/mol. The molecule has 1 atom stereocenters. The van der Waals surface area contributed by atoms with Crippen LogP contribution < -0.4 is 10.1 Å². The molecule has 19 heavy (non-hydrogen) atoms. The molecule has 0 amide bonds. The summed E-state index contributed by atoms with van der Waals surface area (Å²) in [6.45, 7) is 5.32. The summed E-state index contributed by atoms with van der Waals surface area (Å²) in [5.74, 6) is 0.445. The van der Waals surface area contributed by atoms with E-state index in [9.17, 15) is 9.90 Å². The lowest BCUT2D eigenvalue weighted by molar-refractivity contribution is -0.147. The van der Waals surface area contributed by atoms with Crippen LogP contribution in [0.15, 0.2) is 18.2 Å². The number of benzene rings is 1. The van der Waals surface area contributed by atoms with E-state index < -0.39 is 5.54 Å². The van der Waals surface area contributed by atoms with E-state index in [0.29, 0.717) is 11.3 Å². The van der Waals surface area contributed by atoms with Crippen LogP contribution in [0.1, 0.15) is 32.4 Å². The normalized spacial score (nSPS) is 12.9. The van der Waals surface area contributed by atoms with Crippen LogP contribution >= 0.6 is 0 Å². The zero-order valence-electron chi connectivity index (χ0n) is 12.0.